The Balaban J connectivity index is 1.59. The predicted octanol–water partition coefficient (Wildman–Crippen LogP) is 2.55. The van der Waals surface area contributed by atoms with Crippen LogP contribution in [0.4, 0.5) is 0 Å². The summed E-state index contributed by atoms with van der Waals surface area (Å²) in [6, 6.07) is 7.93. The molecule has 1 saturated carbocycles. The van der Waals surface area contributed by atoms with Gasteiger partial charge in [-0.1, -0.05) is 17.7 Å². The van der Waals surface area contributed by atoms with Gasteiger partial charge in [0.15, 0.2) is 0 Å². The fraction of sp³-hybridized carbons (Fsp3) is 0.588. The van der Waals surface area contributed by atoms with Gasteiger partial charge in [0.05, 0.1) is 0 Å². The van der Waals surface area contributed by atoms with Crippen LogP contribution >= 0.6 is 0 Å². The van der Waals surface area contributed by atoms with Crippen LogP contribution in [0.5, 0.6) is 0 Å². The van der Waals surface area contributed by atoms with Crippen molar-refractivity contribution in [1.82, 2.24) is 9.80 Å². The number of hydrogen-bond donors (Lipinski definition) is 0. The fourth-order valence-corrected chi connectivity index (χ4v) is 2.90. The first kappa shape index (κ1) is 13.6. The molecule has 0 bridgehead atoms. The molecule has 0 spiro atoms. The summed E-state index contributed by atoms with van der Waals surface area (Å²) in [4.78, 5) is 17.1. The van der Waals surface area contributed by atoms with E-state index in [2.05, 4.69) is 11.8 Å². The smallest absolute Gasteiger partial charge is 0.253 e. The predicted molar refractivity (Wildman–Crippen MR) is 80.9 cm³/mol. The van der Waals surface area contributed by atoms with Gasteiger partial charge in [0.25, 0.3) is 5.91 Å². The lowest BCUT2D eigenvalue weighted by Crippen LogP contribution is -2.35. The van der Waals surface area contributed by atoms with E-state index >= 15 is 0 Å². The molecule has 0 atom stereocenters. The highest BCUT2D eigenvalue weighted by molar-refractivity contribution is 5.94. The van der Waals surface area contributed by atoms with Crippen LogP contribution < -0.4 is 0 Å². The van der Waals surface area contributed by atoms with Crippen molar-refractivity contribution >= 4 is 5.91 Å². The quantitative estimate of drug-likeness (QED) is 0.844. The summed E-state index contributed by atoms with van der Waals surface area (Å²) in [5.74, 6) is 1.13. The van der Waals surface area contributed by atoms with Crippen molar-refractivity contribution in [2.75, 3.05) is 32.7 Å². The van der Waals surface area contributed by atoms with Crippen molar-refractivity contribution < 1.29 is 4.79 Å². The van der Waals surface area contributed by atoms with Gasteiger partial charge >= 0.3 is 0 Å². The number of benzene rings is 1. The number of nitrogens with zero attached hydrogens (tertiary/aromatic N) is 2. The lowest BCUT2D eigenvalue weighted by molar-refractivity contribution is 0.0761. The van der Waals surface area contributed by atoms with E-state index in [4.69, 9.17) is 0 Å². The molecule has 108 valence electrons. The Morgan fingerprint density at radius 2 is 1.85 bits per heavy atom. The molecule has 3 nitrogen and oxygen atoms in total. The van der Waals surface area contributed by atoms with E-state index in [9.17, 15) is 4.79 Å². The van der Waals surface area contributed by atoms with Crippen molar-refractivity contribution in [1.29, 1.82) is 0 Å². The van der Waals surface area contributed by atoms with Gasteiger partial charge in [-0.15, -0.1) is 0 Å². The highest BCUT2D eigenvalue weighted by Gasteiger charge is 2.26. The maximum Gasteiger partial charge on any atom is 0.253 e. The standard InChI is InChI=1S/C17H24N2O/c1-14-3-7-16(8-4-14)17(20)19-10-2-9-18(11-12-19)13-15-5-6-15/h3-4,7-8,15H,2,5-6,9-13H2,1H3. The molecule has 1 amide bonds. The summed E-state index contributed by atoms with van der Waals surface area (Å²) >= 11 is 0. The minimum absolute atomic E-state index is 0.193. The third-order valence-corrected chi connectivity index (χ3v) is 4.39. The summed E-state index contributed by atoms with van der Waals surface area (Å²) in [5.41, 5.74) is 2.03. The molecule has 0 unspecified atom stereocenters. The molecule has 0 N–H and O–H groups in total. The van der Waals surface area contributed by atoms with E-state index in [1.165, 1.54) is 24.9 Å². The second-order valence-corrected chi connectivity index (χ2v) is 6.26. The van der Waals surface area contributed by atoms with Crippen LogP contribution in [-0.2, 0) is 0 Å². The summed E-state index contributed by atoms with van der Waals surface area (Å²) < 4.78 is 0. The van der Waals surface area contributed by atoms with Crippen molar-refractivity contribution in [3.05, 3.63) is 35.4 Å². The topological polar surface area (TPSA) is 23.6 Å². The van der Waals surface area contributed by atoms with Gasteiger partial charge in [0, 0.05) is 31.7 Å². The fourth-order valence-electron chi connectivity index (χ4n) is 2.90. The Morgan fingerprint density at radius 1 is 1.10 bits per heavy atom. The molecule has 1 saturated heterocycles. The number of hydrogen-bond acceptors (Lipinski definition) is 2. The van der Waals surface area contributed by atoms with E-state index in [0.717, 1.165) is 44.1 Å². The largest absolute Gasteiger partial charge is 0.337 e. The van der Waals surface area contributed by atoms with Crippen molar-refractivity contribution in [3.63, 3.8) is 0 Å². The maximum absolute atomic E-state index is 12.5. The minimum atomic E-state index is 0.193. The van der Waals surface area contributed by atoms with Gasteiger partial charge in [-0.05, 0) is 50.8 Å². The van der Waals surface area contributed by atoms with E-state index in [-0.39, 0.29) is 5.91 Å². The van der Waals surface area contributed by atoms with E-state index in [1.807, 2.05) is 29.2 Å². The van der Waals surface area contributed by atoms with Gasteiger partial charge < -0.3 is 9.80 Å². The summed E-state index contributed by atoms with van der Waals surface area (Å²) in [7, 11) is 0. The first-order valence-corrected chi connectivity index (χ1v) is 7.80. The second kappa shape index (κ2) is 5.96. The Kier molecular flexibility index (Phi) is 4.06. The lowest BCUT2D eigenvalue weighted by Gasteiger charge is -2.22. The third-order valence-electron chi connectivity index (χ3n) is 4.39. The summed E-state index contributed by atoms with van der Waals surface area (Å²) in [5, 5.41) is 0. The maximum atomic E-state index is 12.5. The monoisotopic (exact) mass is 272 g/mol. The lowest BCUT2D eigenvalue weighted by atomic mass is 10.1. The zero-order valence-corrected chi connectivity index (χ0v) is 12.3. The van der Waals surface area contributed by atoms with Gasteiger partial charge in [-0.2, -0.15) is 0 Å². The molecule has 1 aromatic carbocycles. The molecule has 1 aliphatic heterocycles. The van der Waals surface area contributed by atoms with Gasteiger partial charge in [-0.3, -0.25) is 4.79 Å². The molecule has 1 heterocycles. The van der Waals surface area contributed by atoms with Crippen LogP contribution in [0.1, 0.15) is 35.2 Å². The van der Waals surface area contributed by atoms with E-state index in [1.54, 1.807) is 0 Å². The molecule has 3 heteroatoms. The highest BCUT2D eigenvalue weighted by Crippen LogP contribution is 2.29. The average Bonchev–Trinajstić information content (AvgIpc) is 3.27. The molecule has 0 radical (unpaired) electrons. The van der Waals surface area contributed by atoms with Gasteiger partial charge in [0.1, 0.15) is 0 Å². The second-order valence-electron chi connectivity index (χ2n) is 6.26. The SMILES string of the molecule is Cc1ccc(C(=O)N2CCCN(CC3CC3)CC2)cc1. The van der Waals surface area contributed by atoms with Crippen molar-refractivity contribution in [3.8, 4) is 0 Å². The number of aryl methyl sites for hydroxylation is 1. The molecule has 20 heavy (non-hydrogen) atoms. The Hall–Kier alpha value is -1.35. The number of amides is 1. The molecule has 3 rings (SSSR count). The molecular formula is C17H24N2O. The Morgan fingerprint density at radius 3 is 2.55 bits per heavy atom. The van der Waals surface area contributed by atoms with Crippen LogP contribution in [0.15, 0.2) is 24.3 Å². The first-order chi connectivity index (χ1) is 9.72. The summed E-state index contributed by atoms with van der Waals surface area (Å²) in [6.07, 6.45) is 3.91. The highest BCUT2D eigenvalue weighted by atomic mass is 16.2. The molecule has 1 aromatic rings. The van der Waals surface area contributed by atoms with Gasteiger partial charge in [-0.25, -0.2) is 0 Å². The number of carbonyl (C=O) groups excluding carboxylic acids is 1. The molecule has 2 fully saturated rings. The van der Waals surface area contributed by atoms with Crippen LogP contribution in [-0.4, -0.2) is 48.4 Å². The number of rotatable bonds is 3. The molecule has 1 aliphatic carbocycles. The van der Waals surface area contributed by atoms with Crippen LogP contribution in [0.3, 0.4) is 0 Å². The zero-order valence-electron chi connectivity index (χ0n) is 12.3. The van der Waals surface area contributed by atoms with Gasteiger partial charge in [0.2, 0.25) is 0 Å². The first-order valence-electron chi connectivity index (χ1n) is 7.80. The molecule has 2 aliphatic rings. The van der Waals surface area contributed by atoms with Crippen molar-refractivity contribution in [2.45, 2.75) is 26.2 Å². The molecule has 0 aromatic heterocycles. The zero-order chi connectivity index (χ0) is 13.9. The van der Waals surface area contributed by atoms with Crippen LogP contribution in [0.25, 0.3) is 0 Å². The Bertz CT molecular complexity index is 464. The van der Waals surface area contributed by atoms with Crippen LogP contribution in [0, 0.1) is 12.8 Å². The van der Waals surface area contributed by atoms with E-state index < -0.39 is 0 Å². The summed E-state index contributed by atoms with van der Waals surface area (Å²) in [6.45, 7) is 7.25. The Labute approximate surface area is 121 Å². The average molecular weight is 272 g/mol. The number of carbonyl (C=O) groups is 1. The normalized spacial score (nSPS) is 20.8. The van der Waals surface area contributed by atoms with E-state index in [0.29, 0.717) is 0 Å². The third kappa shape index (κ3) is 3.40. The minimum Gasteiger partial charge on any atom is -0.337 e. The van der Waals surface area contributed by atoms with Crippen molar-refractivity contribution in [2.24, 2.45) is 5.92 Å². The van der Waals surface area contributed by atoms with Crippen LogP contribution in [0.2, 0.25) is 0 Å². The molecular weight excluding hydrogens is 248 g/mol.